The molecule has 1 aromatic carbocycles. The molecule has 0 saturated heterocycles. The summed E-state index contributed by atoms with van der Waals surface area (Å²) in [6.07, 6.45) is -0.0674. The zero-order chi connectivity index (χ0) is 19.3. The average Bonchev–Trinajstić information content (AvgIpc) is 3.20. The van der Waals surface area contributed by atoms with Crippen molar-refractivity contribution in [2.45, 2.75) is 30.8 Å². The van der Waals surface area contributed by atoms with Crippen LogP contribution >= 0.6 is 11.6 Å². The van der Waals surface area contributed by atoms with Crippen molar-refractivity contribution in [3.8, 4) is 0 Å². The fourth-order valence-corrected chi connectivity index (χ4v) is 4.02. The number of benzene rings is 1. The van der Waals surface area contributed by atoms with Gasteiger partial charge in [0.25, 0.3) is 0 Å². The zero-order valence-corrected chi connectivity index (χ0v) is 14.8. The Morgan fingerprint density at radius 3 is 2.74 bits per heavy atom. The summed E-state index contributed by atoms with van der Waals surface area (Å²) in [6, 6.07) is 5.13. The van der Waals surface area contributed by atoms with Gasteiger partial charge < -0.3 is 25.6 Å². The highest BCUT2D eigenvalue weighted by atomic mass is 35.5. The van der Waals surface area contributed by atoms with E-state index in [4.69, 9.17) is 17.3 Å². The molecule has 1 aliphatic carbocycles. The first-order chi connectivity index (χ1) is 12.9. The molecule has 9 heteroatoms. The third-order valence-corrected chi connectivity index (χ3v) is 5.57. The van der Waals surface area contributed by atoms with Gasteiger partial charge in [-0.1, -0.05) is 17.7 Å². The van der Waals surface area contributed by atoms with Crippen molar-refractivity contribution in [3.63, 3.8) is 0 Å². The first kappa shape index (κ1) is 18.1. The van der Waals surface area contributed by atoms with E-state index in [9.17, 15) is 19.7 Å². The number of rotatable bonds is 3. The number of nitrogen functional groups attached to an aromatic ring is 1. The van der Waals surface area contributed by atoms with Gasteiger partial charge in [0.05, 0.1) is 28.7 Å². The number of nitrogens with zero attached hydrogens (tertiary/aromatic N) is 3. The lowest BCUT2D eigenvalue weighted by Gasteiger charge is -2.22. The van der Waals surface area contributed by atoms with Crippen molar-refractivity contribution < 1.29 is 19.7 Å². The molecule has 0 spiro atoms. The molecule has 0 aliphatic heterocycles. The van der Waals surface area contributed by atoms with Crippen LogP contribution in [0.25, 0.3) is 11.0 Å². The van der Waals surface area contributed by atoms with Crippen LogP contribution in [0.4, 0.5) is 10.2 Å². The smallest absolute Gasteiger partial charge is 0.145 e. The molecule has 2 heterocycles. The monoisotopic (exact) mass is 392 g/mol. The topological polar surface area (TPSA) is 117 Å². The molecule has 4 rings (SSSR count). The molecule has 5 atom stereocenters. The summed E-state index contributed by atoms with van der Waals surface area (Å²) in [6.45, 7) is 0. The molecule has 1 fully saturated rings. The number of aliphatic hydroxyl groups excluding tert-OH is 3. The van der Waals surface area contributed by atoms with Gasteiger partial charge in [0.1, 0.15) is 29.7 Å². The Morgan fingerprint density at radius 2 is 2.00 bits per heavy atom. The summed E-state index contributed by atoms with van der Waals surface area (Å²) in [5.74, 6) is -0.930. The molecule has 5 N–H and O–H groups in total. The van der Waals surface area contributed by atoms with Gasteiger partial charge in [-0.15, -0.1) is 0 Å². The lowest BCUT2D eigenvalue weighted by Crippen LogP contribution is -2.31. The first-order valence-corrected chi connectivity index (χ1v) is 8.82. The predicted octanol–water partition coefficient (Wildman–Crippen LogP) is 1.82. The van der Waals surface area contributed by atoms with Crippen LogP contribution < -0.4 is 5.73 Å². The van der Waals surface area contributed by atoms with Gasteiger partial charge in [-0.3, -0.25) is 0 Å². The van der Waals surface area contributed by atoms with Gasteiger partial charge in [-0.25, -0.2) is 14.4 Å². The van der Waals surface area contributed by atoms with Gasteiger partial charge in [-0.2, -0.15) is 0 Å². The molecule has 0 bridgehead atoms. The molecule has 7 nitrogen and oxygen atoms in total. The molecule has 0 amide bonds. The third kappa shape index (κ3) is 2.94. The Kier molecular flexibility index (Phi) is 4.51. The average molecular weight is 393 g/mol. The van der Waals surface area contributed by atoms with E-state index in [2.05, 4.69) is 9.97 Å². The van der Waals surface area contributed by atoms with Gasteiger partial charge >= 0.3 is 0 Å². The summed E-state index contributed by atoms with van der Waals surface area (Å²) >= 11 is 5.79. The quantitative estimate of drug-likeness (QED) is 0.540. The lowest BCUT2D eigenvalue weighted by atomic mass is 9.92. The van der Waals surface area contributed by atoms with E-state index in [1.807, 2.05) is 0 Å². The zero-order valence-electron chi connectivity index (χ0n) is 14.1. The molecular weight excluding hydrogens is 375 g/mol. The number of nitrogens with two attached hydrogens (primary N) is 1. The third-order valence-electron chi connectivity index (χ3n) is 5.28. The van der Waals surface area contributed by atoms with Crippen molar-refractivity contribution in [2.75, 3.05) is 5.73 Å². The van der Waals surface area contributed by atoms with E-state index in [1.165, 1.54) is 18.5 Å². The minimum absolute atomic E-state index is 0.111. The van der Waals surface area contributed by atoms with E-state index >= 15 is 0 Å². The van der Waals surface area contributed by atoms with Gasteiger partial charge in [0.2, 0.25) is 0 Å². The number of aromatic nitrogens is 3. The number of fused-ring (bicyclic) bond motifs is 1. The van der Waals surface area contributed by atoms with Crippen LogP contribution in [0.3, 0.4) is 0 Å². The highest BCUT2D eigenvalue weighted by molar-refractivity contribution is 6.30. The van der Waals surface area contributed by atoms with Crippen molar-refractivity contribution in [2.24, 2.45) is 5.92 Å². The molecule has 0 unspecified atom stereocenters. The second kappa shape index (κ2) is 6.72. The van der Waals surface area contributed by atoms with E-state index in [0.717, 1.165) is 6.07 Å². The fourth-order valence-electron chi connectivity index (χ4n) is 3.83. The summed E-state index contributed by atoms with van der Waals surface area (Å²) in [5, 5.41) is 32.3. The Hall–Kier alpha value is -2.26. The molecule has 1 saturated carbocycles. The van der Waals surface area contributed by atoms with Crippen LogP contribution in [0.15, 0.2) is 36.8 Å². The van der Waals surface area contributed by atoms with Crippen molar-refractivity contribution >= 4 is 28.5 Å². The maximum Gasteiger partial charge on any atom is 0.145 e. The molecule has 0 radical (unpaired) electrons. The molecule has 3 aromatic rings. The lowest BCUT2D eigenvalue weighted by molar-refractivity contribution is -0.0264. The molecule has 1 aliphatic rings. The fraction of sp³-hybridized carbons (Fsp3) is 0.333. The van der Waals surface area contributed by atoms with Crippen molar-refractivity contribution in [1.82, 2.24) is 14.5 Å². The summed E-state index contributed by atoms with van der Waals surface area (Å²) in [5.41, 5.74) is 6.77. The number of aliphatic hydroxyl groups is 3. The summed E-state index contributed by atoms with van der Waals surface area (Å²) < 4.78 is 15.1. The molecule has 2 aromatic heterocycles. The maximum absolute atomic E-state index is 13.4. The van der Waals surface area contributed by atoms with E-state index in [1.54, 1.807) is 16.8 Å². The highest BCUT2D eigenvalue weighted by Crippen LogP contribution is 2.43. The van der Waals surface area contributed by atoms with Crippen LogP contribution in [-0.4, -0.2) is 42.1 Å². The second-order valence-electron chi connectivity index (χ2n) is 6.79. The van der Waals surface area contributed by atoms with Gasteiger partial charge in [-0.05, 0) is 30.2 Å². The van der Waals surface area contributed by atoms with Crippen LogP contribution in [0.1, 0.15) is 24.1 Å². The van der Waals surface area contributed by atoms with Gasteiger partial charge in [0, 0.05) is 12.1 Å². The predicted molar refractivity (Wildman–Crippen MR) is 97.5 cm³/mol. The summed E-state index contributed by atoms with van der Waals surface area (Å²) in [7, 11) is 0. The number of hydrogen-bond acceptors (Lipinski definition) is 6. The van der Waals surface area contributed by atoms with Crippen molar-refractivity contribution in [1.29, 1.82) is 0 Å². The Balaban J connectivity index is 1.66. The second-order valence-corrected chi connectivity index (χ2v) is 7.19. The molecule has 27 heavy (non-hydrogen) atoms. The first-order valence-electron chi connectivity index (χ1n) is 8.44. The van der Waals surface area contributed by atoms with E-state index in [0.29, 0.717) is 22.4 Å². The number of halogens is 2. The van der Waals surface area contributed by atoms with Crippen LogP contribution in [0.5, 0.6) is 0 Å². The number of anilines is 1. The van der Waals surface area contributed by atoms with Crippen LogP contribution in [-0.2, 0) is 0 Å². The van der Waals surface area contributed by atoms with Gasteiger partial charge in [0.15, 0.2) is 0 Å². The summed E-state index contributed by atoms with van der Waals surface area (Å²) in [4.78, 5) is 8.15. The molecule has 142 valence electrons. The Morgan fingerprint density at radius 1 is 1.22 bits per heavy atom. The largest absolute Gasteiger partial charge is 0.390 e. The van der Waals surface area contributed by atoms with Crippen LogP contribution in [0.2, 0.25) is 5.02 Å². The molecular formula is C18H18ClFN4O3. The van der Waals surface area contributed by atoms with Crippen molar-refractivity contribution in [3.05, 3.63) is 53.2 Å². The van der Waals surface area contributed by atoms with E-state index < -0.39 is 36.1 Å². The maximum atomic E-state index is 13.4. The van der Waals surface area contributed by atoms with Crippen LogP contribution in [0, 0.1) is 11.7 Å². The normalized spacial score (nSPS) is 26.6. The van der Waals surface area contributed by atoms with E-state index in [-0.39, 0.29) is 11.4 Å². The SMILES string of the molecule is Nc1ncnc2c1ccn2[C@@H]1C[C@H]([C@H](O)c2ccc(F)c(Cl)c2)[C@@H](O)[C@H]1O. The standard InChI is InChI=1S/C18H18ClFN4O3/c19-11-5-8(1-2-12(11)20)14(25)10-6-13(16(27)15(10)26)24-4-3-9-17(21)22-7-23-18(9)24/h1-5,7,10,13-16,25-27H,6H2,(H2,21,22,23)/t10-,13-,14-,15-,16+/m1/s1. The minimum Gasteiger partial charge on any atom is -0.390 e. The Labute approximate surface area is 158 Å². The minimum atomic E-state index is -1.18. The highest BCUT2D eigenvalue weighted by Gasteiger charge is 2.46. The number of hydrogen-bond donors (Lipinski definition) is 4. The Bertz CT molecular complexity index is 998.